The van der Waals surface area contributed by atoms with Crippen molar-refractivity contribution in [1.82, 2.24) is 0 Å². The average molecular weight is 710 g/mol. The van der Waals surface area contributed by atoms with E-state index in [2.05, 4.69) is 201 Å². The molecule has 0 aliphatic heterocycles. The number of benzene rings is 6. The lowest BCUT2D eigenvalue weighted by Gasteiger charge is -2.38. The maximum atomic E-state index is 6.79. The fourth-order valence-corrected chi connectivity index (χ4v) is 11.0. The summed E-state index contributed by atoms with van der Waals surface area (Å²) in [5, 5.41) is 2.29. The van der Waals surface area contributed by atoms with E-state index in [1.807, 2.05) is 0 Å². The van der Waals surface area contributed by atoms with Crippen molar-refractivity contribution in [3.05, 3.63) is 216 Å². The van der Waals surface area contributed by atoms with Crippen LogP contribution in [0.15, 0.2) is 198 Å². The molecule has 6 aromatic carbocycles. The summed E-state index contributed by atoms with van der Waals surface area (Å²) in [6.07, 6.45) is 16.3. The third-order valence-corrected chi connectivity index (χ3v) is 13.5. The summed E-state index contributed by atoms with van der Waals surface area (Å²) < 4.78 is 6.79. The molecular weight excluding hydrogens is 667 g/mol. The van der Waals surface area contributed by atoms with E-state index in [0.717, 1.165) is 46.2 Å². The lowest BCUT2D eigenvalue weighted by Crippen LogP contribution is -2.30. The van der Waals surface area contributed by atoms with E-state index in [1.54, 1.807) is 5.57 Å². The minimum atomic E-state index is -0.441. The molecule has 0 bridgehead atoms. The molecule has 2 heteroatoms. The van der Waals surface area contributed by atoms with Crippen molar-refractivity contribution in [1.29, 1.82) is 0 Å². The third-order valence-electron chi connectivity index (χ3n) is 13.5. The van der Waals surface area contributed by atoms with Crippen LogP contribution in [-0.2, 0) is 5.41 Å². The Kier molecular flexibility index (Phi) is 7.17. The van der Waals surface area contributed by atoms with Crippen molar-refractivity contribution >= 4 is 33.3 Å². The molecule has 3 atom stereocenters. The smallest absolute Gasteiger partial charge is 0.159 e. The molecule has 0 saturated heterocycles. The second kappa shape index (κ2) is 12.2. The van der Waals surface area contributed by atoms with E-state index in [4.69, 9.17) is 4.42 Å². The summed E-state index contributed by atoms with van der Waals surface area (Å²) in [6.45, 7) is 5.02. The third kappa shape index (κ3) is 4.61. The number of fused-ring (bicyclic) bond motifs is 9. The number of hydrogen-bond acceptors (Lipinski definition) is 2. The van der Waals surface area contributed by atoms with Gasteiger partial charge >= 0.3 is 0 Å². The summed E-state index contributed by atoms with van der Waals surface area (Å²) in [5.41, 5.74) is 14.4. The van der Waals surface area contributed by atoms with E-state index < -0.39 is 5.41 Å². The van der Waals surface area contributed by atoms with Crippen molar-refractivity contribution in [2.24, 2.45) is 23.2 Å². The van der Waals surface area contributed by atoms with E-state index in [1.165, 1.54) is 39.1 Å². The fraction of sp³-hybridized carbons (Fsp3) is 0.170. The van der Waals surface area contributed by atoms with Gasteiger partial charge in [0.25, 0.3) is 0 Å². The van der Waals surface area contributed by atoms with Crippen LogP contribution in [0.2, 0.25) is 0 Å². The monoisotopic (exact) mass is 709 g/mol. The Morgan fingerprint density at radius 1 is 0.636 bits per heavy atom. The zero-order valence-corrected chi connectivity index (χ0v) is 31.3. The Balaban J connectivity index is 1.15. The molecule has 0 amide bonds. The van der Waals surface area contributed by atoms with Gasteiger partial charge in [-0.1, -0.05) is 171 Å². The van der Waals surface area contributed by atoms with Crippen LogP contribution >= 0.6 is 0 Å². The summed E-state index contributed by atoms with van der Waals surface area (Å²) >= 11 is 0. The maximum absolute atomic E-state index is 6.79. The molecule has 0 spiro atoms. The molecule has 2 nitrogen and oxygen atoms in total. The van der Waals surface area contributed by atoms with Crippen molar-refractivity contribution in [2.45, 2.75) is 32.1 Å². The van der Waals surface area contributed by atoms with E-state index >= 15 is 0 Å². The summed E-state index contributed by atoms with van der Waals surface area (Å²) in [5.74, 6) is 1.50. The van der Waals surface area contributed by atoms with Gasteiger partial charge in [0, 0.05) is 28.1 Å². The Morgan fingerprint density at radius 3 is 2.16 bits per heavy atom. The van der Waals surface area contributed by atoms with Gasteiger partial charge in [0.1, 0.15) is 5.58 Å². The SMILES string of the molecule is CC1(C)C2CC(N(c3ccc4c(c3)-c3ccccc3C4(c3ccccc3)c3ccccc3)c3cccc4c3oc3ccccc34)=CC=C2C2C=CC=CCC21. The summed E-state index contributed by atoms with van der Waals surface area (Å²) in [7, 11) is 0. The Hall–Kier alpha value is -6.12. The molecule has 55 heavy (non-hydrogen) atoms. The fourth-order valence-electron chi connectivity index (χ4n) is 11.0. The van der Waals surface area contributed by atoms with Gasteiger partial charge in [-0.05, 0) is 93.8 Å². The van der Waals surface area contributed by atoms with Crippen molar-refractivity contribution in [3.8, 4) is 11.1 Å². The van der Waals surface area contributed by atoms with Crippen LogP contribution in [0.5, 0.6) is 0 Å². The lowest BCUT2D eigenvalue weighted by atomic mass is 9.68. The van der Waals surface area contributed by atoms with Crippen LogP contribution in [-0.4, -0.2) is 0 Å². The lowest BCUT2D eigenvalue weighted by molar-refractivity contribution is 0.180. The van der Waals surface area contributed by atoms with Gasteiger partial charge in [-0.2, -0.15) is 0 Å². The largest absolute Gasteiger partial charge is 0.454 e. The maximum Gasteiger partial charge on any atom is 0.159 e. The number of allylic oxidation sites excluding steroid dienone is 8. The highest BCUT2D eigenvalue weighted by molar-refractivity contribution is 6.10. The molecule has 0 N–H and O–H groups in total. The average Bonchev–Trinajstić information content (AvgIpc) is 3.72. The number of para-hydroxylation sites is 2. The van der Waals surface area contributed by atoms with E-state index in [9.17, 15) is 0 Å². The molecule has 4 aliphatic rings. The topological polar surface area (TPSA) is 16.4 Å². The summed E-state index contributed by atoms with van der Waals surface area (Å²) in [6, 6.07) is 53.5. The highest BCUT2D eigenvalue weighted by Gasteiger charge is 2.52. The van der Waals surface area contributed by atoms with E-state index in [0.29, 0.717) is 17.8 Å². The highest BCUT2D eigenvalue weighted by atomic mass is 16.3. The van der Waals surface area contributed by atoms with Crippen LogP contribution in [0, 0.1) is 23.2 Å². The first-order valence-electron chi connectivity index (χ1n) is 19.8. The standard InChI is InChI=1S/C53H43NO/c1-52(2)45-25-11-5-10-21-39(45)41-31-29-38(34-48(41)52)54(49-27-16-24-43-42-23-13-15-28-50(42)55-51(43)49)37-30-32-47-44(33-37)40-22-12-14-26-46(40)53(47,35-17-6-3-7-18-35)36-19-8-4-9-20-36/h3-24,26-33,39,45,48H,25,34H2,1-2H3. The predicted molar refractivity (Wildman–Crippen MR) is 228 cm³/mol. The van der Waals surface area contributed by atoms with Gasteiger partial charge in [0.15, 0.2) is 5.58 Å². The molecule has 1 saturated carbocycles. The van der Waals surface area contributed by atoms with Gasteiger partial charge in [0.2, 0.25) is 0 Å². The molecule has 4 aliphatic carbocycles. The molecule has 7 aromatic rings. The van der Waals surface area contributed by atoms with Crippen LogP contribution < -0.4 is 4.90 Å². The first-order valence-corrected chi connectivity index (χ1v) is 19.8. The Bertz CT molecular complexity index is 2720. The van der Waals surface area contributed by atoms with Crippen molar-refractivity contribution in [2.75, 3.05) is 4.90 Å². The Labute approximate surface area is 323 Å². The molecule has 3 unspecified atom stereocenters. The zero-order chi connectivity index (χ0) is 36.7. The number of furan rings is 1. The van der Waals surface area contributed by atoms with Crippen LogP contribution in [0.3, 0.4) is 0 Å². The normalized spacial score (nSPS) is 21.3. The van der Waals surface area contributed by atoms with Gasteiger partial charge in [-0.25, -0.2) is 0 Å². The quantitative estimate of drug-likeness (QED) is 0.177. The van der Waals surface area contributed by atoms with Crippen molar-refractivity contribution in [3.63, 3.8) is 0 Å². The predicted octanol–water partition coefficient (Wildman–Crippen LogP) is 13.7. The van der Waals surface area contributed by atoms with Crippen LogP contribution in [0.4, 0.5) is 11.4 Å². The molecule has 1 heterocycles. The molecule has 0 radical (unpaired) electrons. The van der Waals surface area contributed by atoms with Crippen molar-refractivity contribution < 1.29 is 4.42 Å². The number of hydrogen-bond donors (Lipinski definition) is 0. The molecule has 266 valence electrons. The minimum absolute atomic E-state index is 0.147. The van der Waals surface area contributed by atoms with Gasteiger partial charge in [0.05, 0.1) is 11.1 Å². The second-order valence-corrected chi connectivity index (χ2v) is 16.4. The van der Waals surface area contributed by atoms with E-state index in [-0.39, 0.29) is 5.41 Å². The first-order chi connectivity index (χ1) is 27.0. The number of nitrogens with zero attached hydrogens (tertiary/aromatic N) is 1. The molecule has 11 rings (SSSR count). The molecule has 1 aromatic heterocycles. The summed E-state index contributed by atoms with van der Waals surface area (Å²) in [4.78, 5) is 2.52. The molecular formula is C53H43NO. The zero-order valence-electron chi connectivity index (χ0n) is 31.3. The minimum Gasteiger partial charge on any atom is -0.454 e. The number of anilines is 2. The highest BCUT2D eigenvalue weighted by Crippen LogP contribution is 2.61. The second-order valence-electron chi connectivity index (χ2n) is 16.4. The van der Waals surface area contributed by atoms with Gasteiger partial charge < -0.3 is 9.32 Å². The van der Waals surface area contributed by atoms with Gasteiger partial charge in [-0.15, -0.1) is 0 Å². The molecule has 1 fully saturated rings. The van der Waals surface area contributed by atoms with Crippen LogP contribution in [0.1, 0.15) is 48.9 Å². The Morgan fingerprint density at radius 2 is 1.35 bits per heavy atom. The number of rotatable bonds is 5. The van der Waals surface area contributed by atoms with Gasteiger partial charge in [-0.3, -0.25) is 0 Å². The first kappa shape index (κ1) is 32.3. The van der Waals surface area contributed by atoms with Crippen LogP contribution in [0.25, 0.3) is 33.1 Å².